The molecule has 4 nitrogen and oxygen atoms in total. The van der Waals surface area contributed by atoms with Crippen molar-refractivity contribution in [1.82, 2.24) is 0 Å². The summed E-state index contributed by atoms with van der Waals surface area (Å²) in [5, 5.41) is 11.4. The molecule has 3 fully saturated rings. The molecule has 2 bridgehead atoms. The van der Waals surface area contributed by atoms with Crippen molar-refractivity contribution >= 4 is 11.8 Å². The van der Waals surface area contributed by atoms with Crippen molar-refractivity contribution in [3.63, 3.8) is 0 Å². The monoisotopic (exact) mass is 376 g/mol. The molecule has 0 aromatic heterocycles. The van der Waals surface area contributed by atoms with E-state index < -0.39 is 23.0 Å². The second kappa shape index (κ2) is 6.72. The minimum absolute atomic E-state index is 0.00611. The third kappa shape index (κ3) is 2.73. The van der Waals surface area contributed by atoms with E-state index in [0.717, 1.165) is 19.3 Å². The Morgan fingerprint density at radius 2 is 2.00 bits per heavy atom. The maximum Gasteiger partial charge on any atom is 0.305 e. The van der Waals surface area contributed by atoms with Gasteiger partial charge in [-0.05, 0) is 42.9 Å². The van der Waals surface area contributed by atoms with Crippen LogP contribution in [0.4, 0.5) is 0 Å². The van der Waals surface area contributed by atoms with Crippen molar-refractivity contribution in [2.75, 3.05) is 0 Å². The molecule has 8 atom stereocenters. The average molecular weight is 377 g/mol. The van der Waals surface area contributed by atoms with Gasteiger partial charge in [-0.3, -0.25) is 9.59 Å². The van der Waals surface area contributed by atoms with Crippen LogP contribution in [0, 0.1) is 34.0 Å². The lowest BCUT2D eigenvalue weighted by Crippen LogP contribution is -2.63. The summed E-state index contributed by atoms with van der Waals surface area (Å²) in [4.78, 5) is 25.5. The number of esters is 1. The molecule has 1 N–H and O–H groups in total. The van der Waals surface area contributed by atoms with Crippen LogP contribution >= 0.6 is 0 Å². The van der Waals surface area contributed by atoms with Crippen LogP contribution in [0.15, 0.2) is 12.7 Å². The van der Waals surface area contributed by atoms with Crippen LogP contribution in [0.25, 0.3) is 0 Å². The van der Waals surface area contributed by atoms with Gasteiger partial charge in [0.2, 0.25) is 0 Å². The van der Waals surface area contributed by atoms with Gasteiger partial charge in [-0.1, -0.05) is 40.7 Å². The lowest BCUT2D eigenvalue weighted by Gasteiger charge is -2.61. The van der Waals surface area contributed by atoms with Gasteiger partial charge in [0, 0.05) is 29.6 Å². The zero-order valence-corrected chi connectivity index (χ0v) is 17.6. The second-order valence-electron chi connectivity index (χ2n) is 9.92. The minimum atomic E-state index is -0.607. The van der Waals surface area contributed by atoms with Gasteiger partial charge in [0.15, 0.2) is 0 Å². The van der Waals surface area contributed by atoms with Gasteiger partial charge in [0.05, 0.1) is 6.10 Å². The number of hydrogen-bond acceptors (Lipinski definition) is 4. The van der Waals surface area contributed by atoms with E-state index in [4.69, 9.17) is 4.74 Å². The molecular weight excluding hydrogens is 340 g/mol. The fourth-order valence-electron chi connectivity index (χ4n) is 6.74. The first-order valence-corrected chi connectivity index (χ1v) is 10.6. The largest absolute Gasteiger partial charge is 0.462 e. The molecule has 0 heterocycles. The first-order valence-electron chi connectivity index (χ1n) is 10.6. The molecule has 3 aliphatic carbocycles. The fraction of sp³-hybridized carbons (Fsp3) is 0.826. The third-order valence-corrected chi connectivity index (χ3v) is 8.86. The third-order valence-electron chi connectivity index (χ3n) is 8.86. The lowest BCUT2D eigenvalue weighted by molar-refractivity contribution is -0.206. The summed E-state index contributed by atoms with van der Waals surface area (Å²) in [5.74, 6) is 0.199. The van der Waals surface area contributed by atoms with Crippen molar-refractivity contribution in [3.05, 3.63) is 12.7 Å². The molecular formula is C23H36O4. The summed E-state index contributed by atoms with van der Waals surface area (Å²) in [5.41, 5.74) is -1.17. The van der Waals surface area contributed by atoms with Crippen LogP contribution < -0.4 is 0 Å². The van der Waals surface area contributed by atoms with Crippen LogP contribution in [0.2, 0.25) is 0 Å². The molecule has 6 unspecified atom stereocenters. The van der Waals surface area contributed by atoms with Gasteiger partial charge in [0.25, 0.3) is 0 Å². The van der Waals surface area contributed by atoms with E-state index in [2.05, 4.69) is 27.4 Å². The predicted molar refractivity (Wildman–Crippen MR) is 105 cm³/mol. The van der Waals surface area contributed by atoms with E-state index in [0.29, 0.717) is 25.0 Å². The highest BCUT2D eigenvalue weighted by molar-refractivity contribution is 5.85. The summed E-state index contributed by atoms with van der Waals surface area (Å²) in [6, 6.07) is 0. The predicted octanol–water partition coefficient (Wildman–Crippen LogP) is 4.30. The molecule has 3 saturated carbocycles. The quantitative estimate of drug-likeness (QED) is 0.589. The molecule has 0 radical (unpaired) electrons. The van der Waals surface area contributed by atoms with E-state index in [1.165, 1.54) is 0 Å². The molecule has 27 heavy (non-hydrogen) atoms. The standard InChI is InChI=1S/C23H36O4/c1-7-18(25)27-17-13-21(5,8-2)20(26)15(4)23-11-9-14(3)22(17,6)19(23)16(24)10-12-23/h8,14-15,17,19-20,26H,2,7,9-13H2,1,3-6H3/t14?,15?,17-,19?,20?,21+,22?,23?/m1/s1. The Labute approximate surface area is 163 Å². The van der Waals surface area contributed by atoms with Gasteiger partial charge < -0.3 is 9.84 Å². The highest BCUT2D eigenvalue weighted by Crippen LogP contribution is 2.67. The minimum Gasteiger partial charge on any atom is -0.462 e. The van der Waals surface area contributed by atoms with Gasteiger partial charge in [-0.15, -0.1) is 6.58 Å². The summed E-state index contributed by atoms with van der Waals surface area (Å²) < 4.78 is 6.02. The summed E-state index contributed by atoms with van der Waals surface area (Å²) in [6.45, 7) is 14.3. The fourth-order valence-corrected chi connectivity index (χ4v) is 6.74. The summed E-state index contributed by atoms with van der Waals surface area (Å²) in [6.07, 6.45) is 5.02. The van der Waals surface area contributed by atoms with E-state index in [-0.39, 0.29) is 29.1 Å². The first-order chi connectivity index (χ1) is 12.6. The SMILES string of the molecule is C=C[C@@]1(C)C[C@@H](OC(=O)CC)C2(C)C(C)CCC3(CCC(=O)C32)C(C)C1O. The van der Waals surface area contributed by atoms with Crippen LogP contribution in [0.3, 0.4) is 0 Å². The average Bonchev–Trinajstić information content (AvgIpc) is 3.00. The number of ether oxygens (including phenoxy) is 1. The molecule has 0 aromatic rings. The number of carbonyl (C=O) groups excluding carboxylic acids is 2. The van der Waals surface area contributed by atoms with Crippen LogP contribution in [0.1, 0.15) is 73.1 Å². The van der Waals surface area contributed by atoms with Gasteiger partial charge in [-0.2, -0.15) is 0 Å². The number of ketones is 1. The number of rotatable bonds is 3. The van der Waals surface area contributed by atoms with Crippen molar-refractivity contribution < 1.29 is 19.4 Å². The first kappa shape index (κ1) is 20.6. The highest BCUT2D eigenvalue weighted by Gasteiger charge is 2.68. The molecule has 0 saturated heterocycles. The Kier molecular flexibility index (Phi) is 5.12. The van der Waals surface area contributed by atoms with Crippen LogP contribution in [-0.2, 0) is 14.3 Å². The van der Waals surface area contributed by atoms with E-state index in [9.17, 15) is 14.7 Å². The summed E-state index contributed by atoms with van der Waals surface area (Å²) >= 11 is 0. The van der Waals surface area contributed by atoms with E-state index in [1.807, 2.05) is 13.0 Å². The number of Topliss-reactive ketones (excluding diaryl/α,β-unsaturated/α-hetero) is 1. The maximum atomic E-state index is 13.2. The molecule has 3 aliphatic rings. The van der Waals surface area contributed by atoms with E-state index >= 15 is 0 Å². The zero-order chi connectivity index (χ0) is 20.2. The Balaban J connectivity index is 2.21. The Morgan fingerprint density at radius 3 is 2.59 bits per heavy atom. The smallest absolute Gasteiger partial charge is 0.305 e. The number of aliphatic hydroxyl groups is 1. The van der Waals surface area contributed by atoms with E-state index in [1.54, 1.807) is 6.92 Å². The highest BCUT2D eigenvalue weighted by atomic mass is 16.5. The number of hydrogen-bond donors (Lipinski definition) is 1. The molecule has 3 rings (SSSR count). The number of carbonyl (C=O) groups is 2. The molecule has 0 spiro atoms. The summed E-state index contributed by atoms with van der Waals surface area (Å²) in [7, 11) is 0. The van der Waals surface area contributed by atoms with Gasteiger partial charge in [0.1, 0.15) is 11.9 Å². The molecule has 152 valence electrons. The van der Waals surface area contributed by atoms with Crippen LogP contribution in [-0.4, -0.2) is 29.1 Å². The molecule has 0 amide bonds. The van der Waals surface area contributed by atoms with Crippen molar-refractivity contribution in [1.29, 1.82) is 0 Å². The maximum absolute atomic E-state index is 13.2. The zero-order valence-electron chi connectivity index (χ0n) is 17.6. The normalized spacial score (nSPS) is 49.7. The molecule has 4 heteroatoms. The van der Waals surface area contributed by atoms with Crippen molar-refractivity contribution in [2.24, 2.45) is 34.0 Å². The van der Waals surface area contributed by atoms with Crippen molar-refractivity contribution in [2.45, 2.75) is 85.4 Å². The Bertz CT molecular complexity index is 642. The number of aliphatic hydroxyl groups excluding tert-OH is 1. The van der Waals surface area contributed by atoms with Gasteiger partial charge in [-0.25, -0.2) is 0 Å². The molecule has 0 aromatic carbocycles. The van der Waals surface area contributed by atoms with Crippen LogP contribution in [0.5, 0.6) is 0 Å². The topological polar surface area (TPSA) is 63.6 Å². The van der Waals surface area contributed by atoms with Gasteiger partial charge >= 0.3 is 5.97 Å². The van der Waals surface area contributed by atoms with Crippen molar-refractivity contribution in [3.8, 4) is 0 Å². The lowest BCUT2D eigenvalue weighted by atomic mass is 9.44. The Hall–Kier alpha value is -1.16. The Morgan fingerprint density at radius 1 is 1.33 bits per heavy atom. The second-order valence-corrected chi connectivity index (χ2v) is 9.92. The molecule has 0 aliphatic heterocycles.